The Morgan fingerprint density at radius 1 is 0.680 bits per heavy atom. The second kappa shape index (κ2) is 12.9. The molecule has 0 rings (SSSR count). The summed E-state index contributed by atoms with van der Waals surface area (Å²) in [5, 5.41) is 6.78. The van der Waals surface area contributed by atoms with E-state index in [4.69, 9.17) is 0 Å². The van der Waals surface area contributed by atoms with Gasteiger partial charge in [-0.1, -0.05) is 55.4 Å². The van der Waals surface area contributed by atoms with E-state index in [1.165, 1.54) is 0 Å². The van der Waals surface area contributed by atoms with E-state index in [1.54, 1.807) is 0 Å². The molecule has 0 aromatic rings. The molecule has 2 atom stereocenters. The molecule has 0 aromatic carbocycles. The highest BCUT2D eigenvalue weighted by atomic mass is 32.2. The maximum Gasteiger partial charge on any atom is 0.152 e. The number of nitrogens with one attached hydrogen (secondary N) is 2. The number of carbonyl (C=O) groups excluding carboxylic acids is 2. The third kappa shape index (κ3) is 11.0. The minimum absolute atomic E-state index is 0.0598. The molecule has 0 fully saturated rings. The molecule has 0 aliphatic carbocycles. The van der Waals surface area contributed by atoms with Gasteiger partial charge in [0, 0.05) is 23.9 Å². The van der Waals surface area contributed by atoms with Crippen molar-refractivity contribution in [3.8, 4) is 0 Å². The number of rotatable bonds is 14. The van der Waals surface area contributed by atoms with Gasteiger partial charge in [0.15, 0.2) is 11.6 Å². The van der Waals surface area contributed by atoms with Gasteiger partial charge < -0.3 is 10.6 Å². The third-order valence-electron chi connectivity index (χ3n) is 4.00. The molecule has 0 aliphatic heterocycles. The third-order valence-corrected chi connectivity index (χ3v) is 5.04. The van der Waals surface area contributed by atoms with Crippen molar-refractivity contribution in [1.82, 2.24) is 10.6 Å². The maximum atomic E-state index is 12.3. The summed E-state index contributed by atoms with van der Waals surface area (Å²) < 4.78 is 0. The van der Waals surface area contributed by atoms with Gasteiger partial charge in [-0.3, -0.25) is 9.59 Å². The van der Waals surface area contributed by atoms with Gasteiger partial charge in [0.1, 0.15) is 0 Å². The standard InChI is InChI=1S/C20H40N2O2S/c1-13(2)19(23)17(21-15(5)6)9-11-25-12-10-18(22-16(7)8)20(24)14(3)4/h13-18,21-22H,9-12H2,1-8H3. The zero-order valence-electron chi connectivity index (χ0n) is 17.5. The molecular formula is C20H40N2O2S. The quantitative estimate of drug-likeness (QED) is 0.456. The molecule has 0 amide bonds. The van der Waals surface area contributed by atoms with Crippen LogP contribution in [0.1, 0.15) is 68.2 Å². The molecule has 25 heavy (non-hydrogen) atoms. The largest absolute Gasteiger partial charge is 0.305 e. The van der Waals surface area contributed by atoms with Crippen LogP contribution < -0.4 is 10.6 Å². The predicted molar refractivity (Wildman–Crippen MR) is 110 cm³/mol. The van der Waals surface area contributed by atoms with Crippen molar-refractivity contribution in [2.24, 2.45) is 11.8 Å². The summed E-state index contributed by atoms with van der Waals surface area (Å²) in [5.41, 5.74) is 0. The van der Waals surface area contributed by atoms with Crippen molar-refractivity contribution in [2.75, 3.05) is 11.5 Å². The van der Waals surface area contributed by atoms with E-state index in [-0.39, 0.29) is 23.9 Å². The van der Waals surface area contributed by atoms with Gasteiger partial charge in [-0.15, -0.1) is 0 Å². The van der Waals surface area contributed by atoms with E-state index in [1.807, 2.05) is 39.5 Å². The van der Waals surface area contributed by atoms with Gasteiger partial charge in [0.05, 0.1) is 12.1 Å². The normalized spacial score (nSPS) is 14.6. The first-order valence-corrected chi connectivity index (χ1v) is 10.9. The van der Waals surface area contributed by atoms with Crippen molar-refractivity contribution in [1.29, 1.82) is 0 Å². The van der Waals surface area contributed by atoms with Crippen LogP contribution in [0.3, 0.4) is 0 Å². The van der Waals surface area contributed by atoms with Crippen LogP contribution in [0.5, 0.6) is 0 Å². The second-order valence-corrected chi connectivity index (χ2v) is 9.28. The monoisotopic (exact) mass is 372 g/mol. The van der Waals surface area contributed by atoms with Crippen molar-refractivity contribution in [2.45, 2.75) is 92.4 Å². The molecule has 0 saturated carbocycles. The fourth-order valence-corrected chi connectivity index (χ4v) is 3.74. The summed E-state index contributed by atoms with van der Waals surface area (Å²) in [4.78, 5) is 24.6. The first kappa shape index (κ1) is 24.6. The van der Waals surface area contributed by atoms with Crippen molar-refractivity contribution in [3.05, 3.63) is 0 Å². The van der Waals surface area contributed by atoms with Gasteiger partial charge in [0.2, 0.25) is 0 Å². The number of carbonyl (C=O) groups is 2. The highest BCUT2D eigenvalue weighted by Gasteiger charge is 2.23. The molecule has 5 heteroatoms. The minimum Gasteiger partial charge on any atom is -0.305 e. The van der Waals surface area contributed by atoms with E-state index in [0.717, 1.165) is 24.3 Å². The Morgan fingerprint density at radius 2 is 1.00 bits per heavy atom. The van der Waals surface area contributed by atoms with Gasteiger partial charge in [-0.05, 0) is 24.3 Å². The van der Waals surface area contributed by atoms with Crippen LogP contribution in [0.25, 0.3) is 0 Å². The molecule has 0 spiro atoms. The Hall–Kier alpha value is -0.390. The lowest BCUT2D eigenvalue weighted by atomic mass is 9.99. The molecule has 0 aromatic heterocycles. The summed E-state index contributed by atoms with van der Waals surface area (Å²) in [6.07, 6.45) is 1.69. The van der Waals surface area contributed by atoms with Crippen molar-refractivity contribution < 1.29 is 9.59 Å². The fourth-order valence-electron chi connectivity index (χ4n) is 2.73. The highest BCUT2D eigenvalue weighted by molar-refractivity contribution is 7.99. The van der Waals surface area contributed by atoms with Crippen LogP contribution >= 0.6 is 11.8 Å². The molecule has 4 nitrogen and oxygen atoms in total. The number of thioether (sulfide) groups is 1. The van der Waals surface area contributed by atoms with Crippen LogP contribution in [-0.4, -0.2) is 47.2 Å². The summed E-state index contributed by atoms with van der Waals surface area (Å²) in [5.74, 6) is 2.58. The molecule has 2 N–H and O–H groups in total. The zero-order chi connectivity index (χ0) is 19.6. The van der Waals surface area contributed by atoms with E-state index >= 15 is 0 Å². The molecule has 0 heterocycles. The molecular weight excluding hydrogens is 332 g/mol. The van der Waals surface area contributed by atoms with Crippen molar-refractivity contribution in [3.63, 3.8) is 0 Å². The Morgan fingerprint density at radius 3 is 1.24 bits per heavy atom. The van der Waals surface area contributed by atoms with Gasteiger partial charge in [-0.25, -0.2) is 0 Å². The van der Waals surface area contributed by atoms with E-state index in [0.29, 0.717) is 23.7 Å². The number of hydrogen-bond acceptors (Lipinski definition) is 5. The lowest BCUT2D eigenvalue weighted by Crippen LogP contribution is -2.43. The van der Waals surface area contributed by atoms with Crippen LogP contribution in [0, 0.1) is 11.8 Å². The van der Waals surface area contributed by atoms with Crippen molar-refractivity contribution >= 4 is 23.3 Å². The molecule has 0 bridgehead atoms. The average Bonchev–Trinajstić information content (AvgIpc) is 2.49. The SMILES string of the molecule is CC(C)NC(CCSCCC(NC(C)C)C(=O)C(C)C)C(=O)C(C)C. The molecule has 0 saturated heterocycles. The van der Waals surface area contributed by atoms with E-state index in [9.17, 15) is 9.59 Å². The Kier molecular flexibility index (Phi) is 12.7. The first-order valence-electron chi connectivity index (χ1n) is 9.73. The van der Waals surface area contributed by atoms with Crippen LogP contribution in [-0.2, 0) is 9.59 Å². The predicted octanol–water partition coefficient (Wildman–Crippen LogP) is 3.68. The lowest BCUT2D eigenvalue weighted by molar-refractivity contribution is -0.124. The summed E-state index contributed by atoms with van der Waals surface area (Å²) in [7, 11) is 0. The topological polar surface area (TPSA) is 58.2 Å². The van der Waals surface area contributed by atoms with Crippen LogP contribution in [0.15, 0.2) is 0 Å². The highest BCUT2D eigenvalue weighted by Crippen LogP contribution is 2.14. The molecule has 148 valence electrons. The Bertz CT molecular complexity index is 359. The smallest absolute Gasteiger partial charge is 0.152 e. The van der Waals surface area contributed by atoms with Gasteiger partial charge in [-0.2, -0.15) is 11.8 Å². The fraction of sp³-hybridized carbons (Fsp3) is 0.900. The average molecular weight is 373 g/mol. The van der Waals surface area contributed by atoms with Crippen LogP contribution in [0.2, 0.25) is 0 Å². The number of hydrogen-bond donors (Lipinski definition) is 2. The van der Waals surface area contributed by atoms with E-state index < -0.39 is 0 Å². The van der Waals surface area contributed by atoms with Crippen LogP contribution in [0.4, 0.5) is 0 Å². The first-order chi connectivity index (χ1) is 11.6. The maximum absolute atomic E-state index is 12.3. The van der Waals surface area contributed by atoms with E-state index in [2.05, 4.69) is 38.3 Å². The molecule has 0 radical (unpaired) electrons. The second-order valence-electron chi connectivity index (χ2n) is 8.05. The summed E-state index contributed by atoms with van der Waals surface area (Å²) in [6.45, 7) is 16.2. The summed E-state index contributed by atoms with van der Waals surface area (Å²) in [6, 6.07) is 0.491. The minimum atomic E-state index is -0.0608. The lowest BCUT2D eigenvalue weighted by Gasteiger charge is -2.23. The number of Topliss-reactive ketones (excluding diaryl/α,β-unsaturated/α-hetero) is 2. The van der Waals surface area contributed by atoms with Gasteiger partial charge >= 0.3 is 0 Å². The Labute approximate surface area is 159 Å². The summed E-state index contributed by atoms with van der Waals surface area (Å²) >= 11 is 1.84. The Balaban J connectivity index is 4.37. The molecule has 2 unspecified atom stereocenters. The zero-order valence-corrected chi connectivity index (χ0v) is 18.3. The van der Waals surface area contributed by atoms with Gasteiger partial charge in [0.25, 0.3) is 0 Å². The number of ketones is 2. The molecule has 0 aliphatic rings.